The number of rotatable bonds is 12. The van der Waals surface area contributed by atoms with Crippen molar-refractivity contribution < 1.29 is 8.85 Å². The fourth-order valence-corrected chi connectivity index (χ4v) is 11.2. The van der Waals surface area contributed by atoms with Crippen LogP contribution < -0.4 is 0 Å². The van der Waals surface area contributed by atoms with E-state index in [2.05, 4.69) is 87.9 Å². The number of hydrogen-bond donors (Lipinski definition) is 0. The van der Waals surface area contributed by atoms with Crippen molar-refractivity contribution in [3.05, 3.63) is 12.7 Å². The molecular weight excluding hydrogens is 376 g/mol. The van der Waals surface area contributed by atoms with Crippen molar-refractivity contribution in [2.24, 2.45) is 0 Å². The van der Waals surface area contributed by atoms with Gasteiger partial charge in [0.15, 0.2) is 8.32 Å². The summed E-state index contributed by atoms with van der Waals surface area (Å²) in [6.07, 6.45) is 10.2. The van der Waals surface area contributed by atoms with Crippen LogP contribution in [0.15, 0.2) is 12.7 Å². The molecule has 4 heteroatoms. The summed E-state index contributed by atoms with van der Waals surface area (Å²) in [5.41, 5.74) is 1.69. The first kappa shape index (κ1) is 27.7. The molecule has 0 aliphatic rings. The molecule has 0 radical (unpaired) electrons. The third kappa shape index (κ3) is 7.16. The van der Waals surface area contributed by atoms with Crippen LogP contribution in [0.2, 0.25) is 34.8 Å². The largest absolute Gasteiger partial charge is 0.413 e. The molecular formula is C24H48O2Si2. The Morgan fingerprint density at radius 1 is 0.929 bits per heavy atom. The molecule has 0 fully saturated rings. The Morgan fingerprint density at radius 2 is 1.39 bits per heavy atom. The van der Waals surface area contributed by atoms with Crippen molar-refractivity contribution in [3.63, 3.8) is 0 Å². The molecule has 0 amide bonds. The lowest BCUT2D eigenvalue weighted by Gasteiger charge is -2.45. The summed E-state index contributed by atoms with van der Waals surface area (Å²) >= 11 is 0. The molecule has 2 atom stereocenters. The predicted molar refractivity (Wildman–Crippen MR) is 131 cm³/mol. The van der Waals surface area contributed by atoms with Crippen molar-refractivity contribution in [1.82, 2.24) is 0 Å². The van der Waals surface area contributed by atoms with Crippen molar-refractivity contribution in [1.29, 1.82) is 0 Å². The minimum atomic E-state index is -1.96. The molecule has 0 N–H and O–H groups in total. The third-order valence-corrected chi connectivity index (χ3v) is 17.3. The fraction of sp³-hybridized carbons (Fsp3) is 0.833. The third-order valence-electron chi connectivity index (χ3n) is 6.65. The highest BCUT2D eigenvalue weighted by Gasteiger charge is 2.47. The second kappa shape index (κ2) is 11.2. The van der Waals surface area contributed by atoms with Gasteiger partial charge in [-0.15, -0.1) is 18.9 Å². The van der Waals surface area contributed by atoms with Crippen LogP contribution in [0.4, 0.5) is 0 Å². The Morgan fingerprint density at radius 3 is 1.71 bits per heavy atom. The van der Waals surface area contributed by atoms with Gasteiger partial charge in [0.2, 0.25) is 8.32 Å². The van der Waals surface area contributed by atoms with E-state index in [1.165, 1.54) is 0 Å². The zero-order chi connectivity index (χ0) is 22.3. The van der Waals surface area contributed by atoms with Gasteiger partial charge < -0.3 is 8.85 Å². The second-order valence-corrected chi connectivity index (χ2v) is 20.9. The van der Waals surface area contributed by atoms with Crippen LogP contribution in [0, 0.1) is 12.3 Å². The van der Waals surface area contributed by atoms with Crippen LogP contribution in [0.25, 0.3) is 0 Å². The van der Waals surface area contributed by atoms with E-state index in [-0.39, 0.29) is 17.2 Å². The van der Waals surface area contributed by atoms with Crippen molar-refractivity contribution in [2.75, 3.05) is 0 Å². The summed E-state index contributed by atoms with van der Waals surface area (Å²) in [5.74, 6) is 2.85. The molecule has 0 aliphatic carbocycles. The van der Waals surface area contributed by atoms with Gasteiger partial charge in [-0.2, -0.15) is 0 Å². The van der Waals surface area contributed by atoms with Gasteiger partial charge in [-0.05, 0) is 47.6 Å². The van der Waals surface area contributed by atoms with Crippen molar-refractivity contribution in [3.8, 4) is 12.3 Å². The van der Waals surface area contributed by atoms with Crippen LogP contribution >= 0.6 is 0 Å². The first-order valence-electron chi connectivity index (χ1n) is 11.1. The Hall–Kier alpha value is -0.346. The van der Waals surface area contributed by atoms with Gasteiger partial charge in [-0.1, -0.05) is 68.4 Å². The van der Waals surface area contributed by atoms with Crippen LogP contribution in [-0.2, 0) is 8.85 Å². The normalized spacial score (nSPS) is 15.8. The highest BCUT2D eigenvalue weighted by atomic mass is 28.4. The predicted octanol–water partition coefficient (Wildman–Crippen LogP) is 7.93. The van der Waals surface area contributed by atoms with Gasteiger partial charge >= 0.3 is 0 Å². The average molecular weight is 425 g/mol. The monoisotopic (exact) mass is 424 g/mol. The maximum absolute atomic E-state index is 7.07. The topological polar surface area (TPSA) is 18.5 Å². The van der Waals surface area contributed by atoms with Gasteiger partial charge in [-0.25, -0.2) is 0 Å². The highest BCUT2D eigenvalue weighted by Crippen LogP contribution is 2.44. The second-order valence-electron chi connectivity index (χ2n) is 10.7. The molecule has 0 spiro atoms. The molecule has 164 valence electrons. The lowest BCUT2D eigenvalue weighted by atomic mass is 10.1. The molecule has 0 rings (SSSR count). The Kier molecular flexibility index (Phi) is 11.0. The minimum absolute atomic E-state index is 0.0500. The van der Waals surface area contributed by atoms with Crippen molar-refractivity contribution in [2.45, 2.75) is 129 Å². The summed E-state index contributed by atoms with van der Waals surface area (Å²) < 4.78 is 13.8. The maximum atomic E-state index is 7.07. The maximum Gasteiger partial charge on any atom is 0.200 e. The van der Waals surface area contributed by atoms with E-state index in [1.54, 1.807) is 0 Å². The fourth-order valence-electron chi connectivity index (χ4n) is 4.27. The van der Waals surface area contributed by atoms with E-state index in [4.69, 9.17) is 15.3 Å². The summed E-state index contributed by atoms with van der Waals surface area (Å²) in [7, 11) is -3.84. The Balaban J connectivity index is 5.70. The van der Waals surface area contributed by atoms with Crippen LogP contribution in [0.5, 0.6) is 0 Å². The van der Waals surface area contributed by atoms with Gasteiger partial charge in [-0.3, -0.25) is 0 Å². The smallest absolute Gasteiger partial charge is 0.200 e. The quantitative estimate of drug-likeness (QED) is 0.180. The van der Waals surface area contributed by atoms with Crippen molar-refractivity contribution >= 4 is 16.6 Å². The Labute approximate surface area is 179 Å². The zero-order valence-electron chi connectivity index (χ0n) is 20.7. The molecule has 28 heavy (non-hydrogen) atoms. The lowest BCUT2D eigenvalue weighted by molar-refractivity contribution is 0.0931. The van der Waals surface area contributed by atoms with E-state index in [1.807, 2.05) is 6.08 Å². The summed E-state index contributed by atoms with van der Waals surface area (Å²) in [4.78, 5) is 0. The molecule has 0 aromatic rings. The molecule has 0 heterocycles. The minimum Gasteiger partial charge on any atom is -0.413 e. The van der Waals surface area contributed by atoms with Gasteiger partial charge in [0.05, 0.1) is 12.2 Å². The summed E-state index contributed by atoms with van der Waals surface area (Å²) in [6.45, 7) is 29.4. The number of terminal acetylenes is 1. The molecule has 0 saturated heterocycles. The Bertz CT molecular complexity index is 488. The van der Waals surface area contributed by atoms with Gasteiger partial charge in [0.25, 0.3) is 0 Å². The van der Waals surface area contributed by atoms with E-state index >= 15 is 0 Å². The average Bonchev–Trinajstić information content (AvgIpc) is 2.50. The van der Waals surface area contributed by atoms with Crippen LogP contribution in [0.3, 0.4) is 0 Å². The van der Waals surface area contributed by atoms with E-state index in [9.17, 15) is 0 Å². The molecule has 0 aromatic carbocycles. The SMILES string of the molecule is C#CC[C@H](C[C@@H](CC=C)O[Si](C(C)C)(C(C)C)C(C)C)O[Si](C)(C)C(C)(C)C. The lowest BCUT2D eigenvalue weighted by Crippen LogP contribution is -2.51. The van der Waals surface area contributed by atoms with Gasteiger partial charge in [0.1, 0.15) is 0 Å². The van der Waals surface area contributed by atoms with Crippen LogP contribution in [0.1, 0.15) is 81.6 Å². The molecule has 2 nitrogen and oxygen atoms in total. The van der Waals surface area contributed by atoms with Crippen LogP contribution in [-0.4, -0.2) is 28.8 Å². The van der Waals surface area contributed by atoms with E-state index < -0.39 is 16.6 Å². The molecule has 0 aliphatic heterocycles. The zero-order valence-corrected chi connectivity index (χ0v) is 22.7. The molecule has 0 bridgehead atoms. The first-order chi connectivity index (χ1) is 12.7. The van der Waals surface area contributed by atoms with E-state index in [0.29, 0.717) is 23.0 Å². The van der Waals surface area contributed by atoms with Gasteiger partial charge in [0, 0.05) is 6.42 Å². The summed E-state index contributed by atoms with van der Waals surface area (Å²) in [5, 5.41) is 0.168. The van der Waals surface area contributed by atoms with E-state index in [0.717, 1.165) is 12.8 Å². The molecule has 0 saturated carbocycles. The first-order valence-corrected chi connectivity index (χ1v) is 16.1. The highest BCUT2D eigenvalue weighted by molar-refractivity contribution is 6.77. The molecule has 0 aromatic heterocycles. The summed E-state index contributed by atoms with van der Waals surface area (Å²) in [6, 6.07) is 0. The number of hydrogen-bond acceptors (Lipinski definition) is 2. The molecule has 0 unspecified atom stereocenters. The standard InChI is InChI=1S/C24H48O2Si2/c1-14-16-22(25-27(12,13)24(9,10)11)18-23(17-15-2)26-28(19(3)4,20(5)6)21(7)8/h1,15,19-23H,2,16-18H2,3-13H3/t22-,23-/m1/s1.